The van der Waals surface area contributed by atoms with Crippen LogP contribution in [0.15, 0.2) is 12.1 Å². The van der Waals surface area contributed by atoms with Crippen molar-refractivity contribution in [2.75, 3.05) is 13.6 Å². The van der Waals surface area contributed by atoms with Crippen molar-refractivity contribution in [1.29, 1.82) is 0 Å². The highest BCUT2D eigenvalue weighted by atomic mass is 15.1. The van der Waals surface area contributed by atoms with Gasteiger partial charge < -0.3 is 4.90 Å². The Morgan fingerprint density at radius 2 is 1.94 bits per heavy atom. The van der Waals surface area contributed by atoms with Gasteiger partial charge in [-0.25, -0.2) is 0 Å². The van der Waals surface area contributed by atoms with Gasteiger partial charge >= 0.3 is 0 Å². The van der Waals surface area contributed by atoms with Crippen molar-refractivity contribution in [1.82, 2.24) is 4.90 Å². The van der Waals surface area contributed by atoms with E-state index in [0.29, 0.717) is 5.41 Å². The Kier molecular flexibility index (Phi) is 2.38. The lowest BCUT2D eigenvalue weighted by Gasteiger charge is -2.43. The summed E-state index contributed by atoms with van der Waals surface area (Å²) in [7, 11) is 2.26. The van der Waals surface area contributed by atoms with Gasteiger partial charge in [-0.3, -0.25) is 0 Å². The minimum Gasteiger partial charge on any atom is -0.301 e. The predicted molar refractivity (Wildman–Crippen MR) is 72.4 cm³/mol. The molecule has 1 aliphatic carbocycles. The van der Waals surface area contributed by atoms with Gasteiger partial charge in [-0.05, 0) is 54.8 Å². The summed E-state index contributed by atoms with van der Waals surface area (Å²) < 4.78 is 0. The van der Waals surface area contributed by atoms with E-state index in [0.717, 1.165) is 12.5 Å². The summed E-state index contributed by atoms with van der Waals surface area (Å²) >= 11 is 0. The molecule has 1 atom stereocenters. The minimum atomic E-state index is 0.473. The molecule has 0 fully saturated rings. The van der Waals surface area contributed by atoms with Crippen LogP contribution in [-0.4, -0.2) is 18.5 Å². The van der Waals surface area contributed by atoms with Crippen LogP contribution in [0.25, 0.3) is 0 Å². The first-order valence-electron chi connectivity index (χ1n) is 6.75. The first-order valence-corrected chi connectivity index (χ1v) is 6.75. The van der Waals surface area contributed by atoms with Crippen molar-refractivity contribution in [3.8, 4) is 0 Å². The monoisotopic (exact) mass is 229 g/mol. The van der Waals surface area contributed by atoms with Crippen molar-refractivity contribution in [2.45, 2.75) is 46.1 Å². The highest BCUT2D eigenvalue weighted by Crippen LogP contribution is 2.45. The van der Waals surface area contributed by atoms with Gasteiger partial charge in [-0.15, -0.1) is 0 Å². The summed E-state index contributed by atoms with van der Waals surface area (Å²) in [5.41, 5.74) is 6.84. The summed E-state index contributed by atoms with van der Waals surface area (Å²) in [5, 5.41) is 0. The van der Waals surface area contributed by atoms with Gasteiger partial charge in [0.05, 0.1) is 0 Å². The molecule has 92 valence electrons. The Morgan fingerprint density at radius 3 is 2.71 bits per heavy atom. The largest absolute Gasteiger partial charge is 0.301 e. The van der Waals surface area contributed by atoms with Gasteiger partial charge in [0.15, 0.2) is 0 Å². The molecule has 0 spiro atoms. The molecule has 3 rings (SSSR count). The van der Waals surface area contributed by atoms with E-state index in [1.165, 1.54) is 24.9 Å². The third-order valence-corrected chi connectivity index (χ3v) is 4.34. The van der Waals surface area contributed by atoms with Crippen LogP contribution in [0.3, 0.4) is 0 Å². The van der Waals surface area contributed by atoms with Crippen LogP contribution < -0.4 is 0 Å². The zero-order valence-corrected chi connectivity index (χ0v) is 11.5. The van der Waals surface area contributed by atoms with Crippen molar-refractivity contribution in [3.05, 3.63) is 34.4 Å². The fraction of sp³-hybridized carbons (Fsp3) is 0.625. The zero-order chi connectivity index (χ0) is 12.2. The molecule has 0 saturated heterocycles. The van der Waals surface area contributed by atoms with Crippen molar-refractivity contribution in [2.24, 2.45) is 5.41 Å². The summed E-state index contributed by atoms with van der Waals surface area (Å²) in [5.74, 6) is 0.767. The highest BCUT2D eigenvalue weighted by Gasteiger charge is 2.36. The van der Waals surface area contributed by atoms with Gasteiger partial charge in [-0.2, -0.15) is 0 Å². The van der Waals surface area contributed by atoms with E-state index in [-0.39, 0.29) is 0 Å². The molecule has 1 heterocycles. The van der Waals surface area contributed by atoms with Gasteiger partial charge in [-0.1, -0.05) is 31.5 Å². The van der Waals surface area contributed by atoms with Crippen LogP contribution in [0.1, 0.15) is 48.4 Å². The summed E-state index contributed by atoms with van der Waals surface area (Å²) in [6, 6.07) is 4.83. The topological polar surface area (TPSA) is 3.24 Å². The molecule has 0 aromatic heterocycles. The standard InChI is InChI=1S/C16H23N/c1-11-5-12-7-16(2,3)8-14-10-17(4)9-13(6-11)15(12)14/h5-6,14H,7-10H2,1-4H3. The fourth-order valence-corrected chi connectivity index (χ4v) is 4.00. The lowest BCUT2D eigenvalue weighted by Crippen LogP contribution is -2.37. The molecule has 1 unspecified atom stereocenters. The molecule has 1 aliphatic heterocycles. The molecule has 1 nitrogen and oxygen atoms in total. The van der Waals surface area contributed by atoms with E-state index in [4.69, 9.17) is 0 Å². The van der Waals surface area contributed by atoms with Crippen molar-refractivity contribution >= 4 is 0 Å². The highest BCUT2D eigenvalue weighted by molar-refractivity contribution is 5.45. The molecule has 1 aromatic rings. The summed E-state index contributed by atoms with van der Waals surface area (Å²) in [6.45, 7) is 9.47. The number of rotatable bonds is 0. The fourth-order valence-electron chi connectivity index (χ4n) is 4.00. The number of nitrogens with zero attached hydrogens (tertiary/aromatic N) is 1. The Labute approximate surface area is 105 Å². The average Bonchev–Trinajstić information content (AvgIpc) is 2.12. The van der Waals surface area contributed by atoms with Crippen molar-refractivity contribution in [3.63, 3.8) is 0 Å². The number of hydrogen-bond acceptors (Lipinski definition) is 1. The van der Waals surface area contributed by atoms with Crippen LogP contribution in [0.2, 0.25) is 0 Å². The summed E-state index contributed by atoms with van der Waals surface area (Å²) in [6.07, 6.45) is 2.61. The van der Waals surface area contributed by atoms with Crippen molar-refractivity contribution < 1.29 is 0 Å². The van der Waals surface area contributed by atoms with E-state index < -0.39 is 0 Å². The number of hydrogen-bond donors (Lipinski definition) is 0. The van der Waals surface area contributed by atoms with E-state index in [9.17, 15) is 0 Å². The number of likely N-dealkylation sites (N-methyl/N-ethyl adjacent to an activating group) is 1. The van der Waals surface area contributed by atoms with Gasteiger partial charge in [0.25, 0.3) is 0 Å². The molecular formula is C16H23N. The maximum absolute atomic E-state index is 2.48. The Morgan fingerprint density at radius 1 is 1.24 bits per heavy atom. The van der Waals surface area contributed by atoms with E-state index >= 15 is 0 Å². The zero-order valence-electron chi connectivity index (χ0n) is 11.5. The molecule has 0 radical (unpaired) electrons. The van der Waals surface area contributed by atoms with Crippen LogP contribution in [0, 0.1) is 12.3 Å². The Balaban J connectivity index is 2.16. The third-order valence-electron chi connectivity index (χ3n) is 4.34. The van der Waals surface area contributed by atoms with Crippen LogP contribution in [-0.2, 0) is 13.0 Å². The maximum Gasteiger partial charge on any atom is 0.0233 e. The number of benzene rings is 1. The van der Waals surface area contributed by atoms with E-state index in [1.807, 2.05) is 0 Å². The summed E-state index contributed by atoms with van der Waals surface area (Å²) in [4.78, 5) is 2.48. The minimum absolute atomic E-state index is 0.473. The van der Waals surface area contributed by atoms with Crippen LogP contribution >= 0.6 is 0 Å². The first kappa shape index (κ1) is 11.3. The SMILES string of the molecule is Cc1cc2c3c(c1)CC(C)(C)CC3CN(C)C2. The molecule has 0 bridgehead atoms. The number of aryl methyl sites for hydroxylation is 1. The van der Waals surface area contributed by atoms with E-state index in [2.05, 4.69) is 44.9 Å². The molecule has 0 amide bonds. The predicted octanol–water partition coefficient (Wildman–Crippen LogP) is 3.50. The van der Waals surface area contributed by atoms with Gasteiger partial charge in [0.2, 0.25) is 0 Å². The Bertz CT molecular complexity index is 459. The lowest BCUT2D eigenvalue weighted by atomic mass is 9.66. The molecule has 17 heavy (non-hydrogen) atoms. The quantitative estimate of drug-likeness (QED) is 0.658. The average molecular weight is 229 g/mol. The third kappa shape index (κ3) is 1.91. The van der Waals surface area contributed by atoms with Crippen LogP contribution in [0.5, 0.6) is 0 Å². The normalized spacial score (nSPS) is 26.7. The molecular weight excluding hydrogens is 206 g/mol. The molecule has 0 N–H and O–H groups in total. The molecule has 1 aromatic carbocycles. The second kappa shape index (κ2) is 3.58. The van der Waals surface area contributed by atoms with Gasteiger partial charge in [0, 0.05) is 13.1 Å². The second-order valence-electron chi connectivity index (χ2n) is 6.94. The molecule has 1 heteroatoms. The van der Waals surface area contributed by atoms with Crippen LogP contribution in [0.4, 0.5) is 0 Å². The van der Waals surface area contributed by atoms with E-state index in [1.54, 1.807) is 16.7 Å². The molecule has 0 saturated carbocycles. The maximum atomic E-state index is 2.48. The smallest absolute Gasteiger partial charge is 0.0233 e. The second-order valence-corrected chi connectivity index (χ2v) is 6.94. The first-order chi connectivity index (χ1) is 7.94. The van der Waals surface area contributed by atoms with Gasteiger partial charge in [0.1, 0.15) is 0 Å². The Hall–Kier alpha value is -0.820. The molecule has 2 aliphatic rings. The lowest BCUT2D eigenvalue weighted by molar-refractivity contribution is 0.207.